The Morgan fingerprint density at radius 2 is 1.53 bits per heavy atom. The summed E-state index contributed by atoms with van der Waals surface area (Å²) in [7, 11) is 0. The predicted octanol–water partition coefficient (Wildman–Crippen LogP) is 0.0641. The maximum atomic E-state index is 14.0. The van der Waals surface area contributed by atoms with Gasteiger partial charge in [0.2, 0.25) is 23.6 Å². The quantitative estimate of drug-likeness (QED) is 0.111. The summed E-state index contributed by atoms with van der Waals surface area (Å²) < 4.78 is 0. The van der Waals surface area contributed by atoms with Crippen LogP contribution in [0, 0.1) is 5.92 Å². The van der Waals surface area contributed by atoms with Gasteiger partial charge in [-0.1, -0.05) is 50.6 Å². The molecule has 1 aliphatic rings. The second-order valence-corrected chi connectivity index (χ2v) is 11.9. The lowest BCUT2D eigenvalue weighted by Crippen LogP contribution is -2.59. The molecule has 15 heteroatoms. The van der Waals surface area contributed by atoms with Crippen LogP contribution in [0.4, 0.5) is 0 Å². The van der Waals surface area contributed by atoms with E-state index in [1.165, 1.54) is 23.8 Å². The molecule has 4 amide bonds. The minimum atomic E-state index is -1.28. The number of hydrogen-bond acceptors (Lipinski definition) is 8. The highest BCUT2D eigenvalue weighted by molar-refractivity contribution is 5.96. The fraction of sp³-hybridized carbons (Fsp3) is 0.469. The molecule has 0 spiro atoms. The van der Waals surface area contributed by atoms with Crippen molar-refractivity contribution in [3.05, 3.63) is 72.3 Å². The molecule has 8 N–H and O–H groups in total. The molecule has 6 atom stereocenters. The van der Waals surface area contributed by atoms with Crippen molar-refractivity contribution >= 4 is 29.6 Å². The summed E-state index contributed by atoms with van der Waals surface area (Å²) in [6.45, 7) is 4.05. The van der Waals surface area contributed by atoms with Gasteiger partial charge in [-0.05, 0) is 24.3 Å². The SMILES string of the molecule is CC[C@H](C)[C@H](N)C(=O)N[C@@H](Cc1cnc[nH]1)C(=O)N1CCC[C@H]1C(=O)N[C@@H](Cc1ccccc1)C(=O)N[C@@H](Cc1cnc[nH]1)C(=O)O. The van der Waals surface area contributed by atoms with E-state index in [1.54, 1.807) is 30.5 Å². The molecular formula is C32H43N9O6. The van der Waals surface area contributed by atoms with E-state index in [2.05, 4.69) is 35.9 Å². The standard InChI is InChI=1S/C32H43N9O6/c1-3-19(2)27(33)30(44)39-24(13-21-15-34-17-36-21)31(45)41-11-7-10-26(41)29(43)38-23(12-20-8-5-4-6-9-20)28(42)40-25(32(46)47)14-22-16-35-18-37-22/h4-6,8-9,15-19,23-27H,3,7,10-14,33H2,1-2H3,(H,34,36)(H,35,37)(H,38,43)(H,39,44)(H,40,42)(H,46,47)/t19-,23-,24-,25-,26-,27-/m0/s1. The molecule has 0 aliphatic carbocycles. The number of nitrogens with two attached hydrogens (primary N) is 1. The summed E-state index contributed by atoms with van der Waals surface area (Å²) in [5, 5.41) is 17.9. The van der Waals surface area contributed by atoms with Crippen LogP contribution < -0.4 is 21.7 Å². The summed E-state index contributed by atoms with van der Waals surface area (Å²) >= 11 is 0. The van der Waals surface area contributed by atoms with Gasteiger partial charge in [0.25, 0.3) is 0 Å². The number of carboxylic acids is 1. The van der Waals surface area contributed by atoms with Gasteiger partial charge in [0.1, 0.15) is 24.2 Å². The van der Waals surface area contributed by atoms with E-state index in [1.807, 2.05) is 19.9 Å². The zero-order valence-corrected chi connectivity index (χ0v) is 26.5. The average molecular weight is 650 g/mol. The van der Waals surface area contributed by atoms with Crippen LogP contribution in [0.5, 0.6) is 0 Å². The number of aromatic amines is 2. The lowest BCUT2D eigenvalue weighted by atomic mass is 9.98. The van der Waals surface area contributed by atoms with E-state index in [4.69, 9.17) is 5.73 Å². The Kier molecular flexibility index (Phi) is 12.2. The van der Waals surface area contributed by atoms with Gasteiger partial charge in [0, 0.05) is 49.6 Å². The van der Waals surface area contributed by atoms with Crippen molar-refractivity contribution in [2.45, 2.75) is 82.6 Å². The molecule has 3 aromatic rings. The van der Waals surface area contributed by atoms with Gasteiger partial charge in [0.15, 0.2) is 0 Å². The van der Waals surface area contributed by atoms with Gasteiger partial charge < -0.3 is 41.7 Å². The molecule has 252 valence electrons. The summed E-state index contributed by atoms with van der Waals surface area (Å²) in [6, 6.07) is 3.82. The Hall–Kier alpha value is -5.05. The number of nitrogens with zero attached hydrogens (tertiary/aromatic N) is 3. The molecule has 2 aromatic heterocycles. The third-order valence-corrected chi connectivity index (χ3v) is 8.50. The first-order valence-corrected chi connectivity index (χ1v) is 15.8. The van der Waals surface area contributed by atoms with E-state index in [9.17, 15) is 29.1 Å². The molecule has 0 unspecified atom stereocenters. The van der Waals surface area contributed by atoms with E-state index < -0.39 is 59.8 Å². The molecule has 4 rings (SSSR count). The van der Waals surface area contributed by atoms with Gasteiger partial charge in [-0.15, -0.1) is 0 Å². The van der Waals surface area contributed by atoms with Crippen LogP contribution in [0.15, 0.2) is 55.4 Å². The van der Waals surface area contributed by atoms with Crippen molar-refractivity contribution < 1.29 is 29.1 Å². The van der Waals surface area contributed by atoms with Gasteiger partial charge in [-0.3, -0.25) is 19.2 Å². The number of aromatic nitrogens is 4. The highest BCUT2D eigenvalue weighted by Gasteiger charge is 2.40. The number of hydrogen-bond donors (Lipinski definition) is 7. The zero-order chi connectivity index (χ0) is 33.9. The summed E-state index contributed by atoms with van der Waals surface area (Å²) in [5.74, 6) is -3.54. The number of carboxylic acid groups (broad SMARTS) is 1. The van der Waals surface area contributed by atoms with Crippen molar-refractivity contribution in [1.82, 2.24) is 40.8 Å². The molecular weight excluding hydrogens is 606 g/mol. The van der Waals surface area contributed by atoms with Crippen LogP contribution in [-0.4, -0.2) is 96.3 Å². The van der Waals surface area contributed by atoms with Crippen LogP contribution in [0.1, 0.15) is 50.1 Å². The molecule has 3 heterocycles. The minimum absolute atomic E-state index is 0.0396. The fourth-order valence-electron chi connectivity index (χ4n) is 5.52. The highest BCUT2D eigenvalue weighted by Crippen LogP contribution is 2.20. The number of benzene rings is 1. The van der Waals surface area contributed by atoms with Crippen molar-refractivity contribution in [2.24, 2.45) is 11.7 Å². The zero-order valence-electron chi connectivity index (χ0n) is 26.5. The number of rotatable bonds is 16. The Morgan fingerprint density at radius 1 is 0.915 bits per heavy atom. The molecule has 47 heavy (non-hydrogen) atoms. The number of imidazole rings is 2. The van der Waals surface area contributed by atoms with Crippen LogP contribution in [0.3, 0.4) is 0 Å². The van der Waals surface area contributed by atoms with Crippen molar-refractivity contribution in [3.63, 3.8) is 0 Å². The number of carbonyl (C=O) groups is 5. The number of H-pyrrole nitrogens is 2. The molecule has 0 radical (unpaired) electrons. The van der Waals surface area contributed by atoms with Gasteiger partial charge >= 0.3 is 5.97 Å². The molecule has 0 bridgehead atoms. The van der Waals surface area contributed by atoms with Crippen molar-refractivity contribution in [3.8, 4) is 0 Å². The first kappa shape index (κ1) is 34.8. The third kappa shape index (κ3) is 9.48. The Labute approximate surface area is 272 Å². The maximum absolute atomic E-state index is 14.0. The van der Waals surface area contributed by atoms with Crippen molar-refractivity contribution in [1.29, 1.82) is 0 Å². The number of carbonyl (C=O) groups excluding carboxylic acids is 4. The Bertz CT molecular complexity index is 1480. The lowest BCUT2D eigenvalue weighted by molar-refractivity contribution is -0.143. The molecule has 1 aliphatic heterocycles. The average Bonchev–Trinajstić information content (AvgIpc) is 3.87. The second kappa shape index (κ2) is 16.5. The minimum Gasteiger partial charge on any atom is -0.480 e. The topological polar surface area (TPSA) is 228 Å². The van der Waals surface area contributed by atoms with Crippen LogP contribution in [-0.2, 0) is 43.2 Å². The van der Waals surface area contributed by atoms with Gasteiger partial charge in [-0.2, -0.15) is 0 Å². The fourth-order valence-corrected chi connectivity index (χ4v) is 5.52. The third-order valence-electron chi connectivity index (χ3n) is 8.50. The smallest absolute Gasteiger partial charge is 0.326 e. The van der Waals surface area contributed by atoms with E-state index in [0.717, 1.165) is 5.56 Å². The maximum Gasteiger partial charge on any atom is 0.326 e. The monoisotopic (exact) mass is 649 g/mol. The van der Waals surface area contributed by atoms with E-state index in [0.29, 0.717) is 30.7 Å². The number of nitrogens with one attached hydrogen (secondary N) is 5. The molecule has 1 aromatic carbocycles. The molecule has 1 fully saturated rings. The van der Waals surface area contributed by atoms with Crippen LogP contribution in [0.2, 0.25) is 0 Å². The number of amides is 4. The highest BCUT2D eigenvalue weighted by atomic mass is 16.4. The summed E-state index contributed by atoms with van der Waals surface area (Å²) in [4.78, 5) is 81.5. The first-order chi connectivity index (χ1) is 22.6. The molecule has 15 nitrogen and oxygen atoms in total. The Balaban J connectivity index is 1.52. The number of aliphatic carboxylic acids is 1. The van der Waals surface area contributed by atoms with E-state index >= 15 is 0 Å². The Morgan fingerprint density at radius 3 is 2.11 bits per heavy atom. The van der Waals surface area contributed by atoms with E-state index in [-0.39, 0.29) is 31.7 Å². The summed E-state index contributed by atoms with van der Waals surface area (Å²) in [6.07, 6.45) is 7.60. The predicted molar refractivity (Wildman–Crippen MR) is 170 cm³/mol. The number of likely N-dealkylation sites (tertiary alicyclic amines) is 1. The lowest BCUT2D eigenvalue weighted by Gasteiger charge is -2.30. The first-order valence-electron chi connectivity index (χ1n) is 15.8. The molecule has 1 saturated heterocycles. The van der Waals surface area contributed by atoms with Gasteiger partial charge in [-0.25, -0.2) is 14.8 Å². The summed E-state index contributed by atoms with van der Waals surface area (Å²) in [5.41, 5.74) is 8.03. The second-order valence-electron chi connectivity index (χ2n) is 11.9. The van der Waals surface area contributed by atoms with Crippen LogP contribution in [0.25, 0.3) is 0 Å². The normalized spacial score (nSPS) is 17.6. The van der Waals surface area contributed by atoms with Gasteiger partial charge in [0.05, 0.1) is 18.7 Å². The van der Waals surface area contributed by atoms with Crippen LogP contribution >= 0.6 is 0 Å². The molecule has 0 saturated carbocycles. The van der Waals surface area contributed by atoms with Crippen molar-refractivity contribution in [2.75, 3.05) is 6.54 Å². The largest absolute Gasteiger partial charge is 0.480 e.